The summed E-state index contributed by atoms with van der Waals surface area (Å²) in [5, 5.41) is 4.45. The van der Waals surface area contributed by atoms with E-state index in [-0.39, 0.29) is 6.61 Å². The fourth-order valence-corrected chi connectivity index (χ4v) is 8.09. The molecule has 0 heterocycles. The third kappa shape index (κ3) is 17.8. The molecular weight excluding hydrogens is 603 g/mol. The fraction of sp³-hybridized carbons (Fsp3) is 0.714. The number of benzene rings is 1. The van der Waals surface area contributed by atoms with Crippen LogP contribution in [-0.4, -0.2) is 84.8 Å². The molecule has 0 amide bonds. The molecule has 1 aromatic carbocycles. The molecule has 1 rings (SSSR count). The summed E-state index contributed by atoms with van der Waals surface area (Å²) in [6.45, 7) is 32.7. The fourth-order valence-electron chi connectivity index (χ4n) is 3.61. The van der Waals surface area contributed by atoms with Gasteiger partial charge in [0.1, 0.15) is 17.9 Å². The van der Waals surface area contributed by atoms with Crippen molar-refractivity contribution in [3.63, 3.8) is 0 Å². The molecule has 1 aromatic rings. The van der Waals surface area contributed by atoms with Crippen molar-refractivity contribution in [3.05, 3.63) is 35.9 Å². The number of carbonyl (C=O) groups is 1. The minimum absolute atomic E-state index is 0.160. The zero-order valence-electron chi connectivity index (χ0n) is 28.3. The van der Waals surface area contributed by atoms with Gasteiger partial charge in [0.05, 0.1) is 24.9 Å². The summed E-state index contributed by atoms with van der Waals surface area (Å²) in [5.41, 5.74) is 0.905. The van der Waals surface area contributed by atoms with Gasteiger partial charge in [0.25, 0.3) is 0 Å². The lowest BCUT2D eigenvalue weighted by Gasteiger charge is -2.42. The molecule has 3 atom stereocenters. The van der Waals surface area contributed by atoms with Crippen molar-refractivity contribution in [2.75, 3.05) is 13.2 Å². The second-order valence-corrected chi connectivity index (χ2v) is 37.7. The third-order valence-corrected chi connectivity index (χ3v) is 10.1. The largest absolute Gasteiger partial charge is 0.415 e. The maximum absolute atomic E-state index is 12.9. The molecule has 0 aliphatic carbocycles. The van der Waals surface area contributed by atoms with Crippen molar-refractivity contribution in [2.45, 2.75) is 117 Å². The minimum atomic E-state index is -2.19. The van der Waals surface area contributed by atoms with Gasteiger partial charge >= 0.3 is 5.97 Å². The molecule has 0 spiro atoms. The monoisotopic (exact) mass is 659 g/mol. The first-order valence-electron chi connectivity index (χ1n) is 14.5. The minimum Gasteiger partial charge on any atom is -0.415 e. The van der Waals surface area contributed by atoms with Crippen molar-refractivity contribution in [1.29, 1.82) is 0 Å². The Morgan fingerprint density at radius 2 is 1.15 bits per heavy atom. The first kappa shape index (κ1) is 38.3. The van der Waals surface area contributed by atoms with E-state index in [1.54, 1.807) is 24.3 Å². The Bertz CT molecular complexity index is 975. The quantitative estimate of drug-likeness (QED) is 0.0738. The van der Waals surface area contributed by atoms with Gasteiger partial charge in [-0.1, -0.05) is 23.4 Å². The van der Waals surface area contributed by atoms with Gasteiger partial charge in [-0.3, -0.25) is 0 Å². The van der Waals surface area contributed by atoms with E-state index >= 15 is 0 Å². The lowest BCUT2D eigenvalue weighted by atomic mass is 10.0. The van der Waals surface area contributed by atoms with Crippen LogP contribution in [0.1, 0.15) is 10.4 Å². The van der Waals surface area contributed by atoms with Gasteiger partial charge in [-0.05, 0) is 110 Å². The summed E-state index contributed by atoms with van der Waals surface area (Å²) in [6.07, 6.45) is -1.58. The summed E-state index contributed by atoms with van der Waals surface area (Å²) in [4.78, 5) is 18.5. The molecule has 0 N–H and O–H groups in total. The zero-order chi connectivity index (χ0) is 31.9. The molecule has 13 heteroatoms. The third-order valence-electron chi connectivity index (χ3n) is 5.06. The number of oxime groups is 1. The van der Waals surface area contributed by atoms with Crippen molar-refractivity contribution < 1.29 is 31.8 Å². The summed E-state index contributed by atoms with van der Waals surface area (Å²) < 4.78 is 33.4. The molecule has 0 radical (unpaired) electrons. The first-order valence-corrected chi connectivity index (χ1v) is 31.5. The Labute approximate surface area is 255 Å². The maximum atomic E-state index is 12.9. The van der Waals surface area contributed by atoms with E-state index in [0.29, 0.717) is 17.9 Å². The number of rotatable bonds is 17. The molecule has 0 aliphatic heterocycles. The predicted molar refractivity (Wildman–Crippen MR) is 183 cm³/mol. The Morgan fingerprint density at radius 1 is 0.659 bits per heavy atom. The van der Waals surface area contributed by atoms with Gasteiger partial charge in [0, 0.05) is 0 Å². The highest BCUT2D eigenvalue weighted by Gasteiger charge is 2.43. The van der Waals surface area contributed by atoms with E-state index < -0.39 is 65.9 Å². The van der Waals surface area contributed by atoms with Crippen molar-refractivity contribution >= 4 is 53.3 Å². The van der Waals surface area contributed by atoms with Crippen molar-refractivity contribution in [1.82, 2.24) is 0 Å². The number of hydrogen-bond acceptors (Lipinski definition) is 8. The topological polar surface area (TPSA) is 84.8 Å². The molecule has 0 fully saturated rings. The first-order chi connectivity index (χ1) is 18.4. The average molecular weight is 660 g/mol. The lowest BCUT2D eigenvalue weighted by molar-refractivity contribution is -0.0307. The standard InChI is InChI=1S/C28H57NO7Si5/c1-37(2,3)31-21-24(29-33-28(30)23-19-17-16-18-20-23)26(35-40(10,11)12)27(36-41(13,14)15)25(34-39(7,8)9)22-32-38(4,5)6/h16-20,25-27H,21-22H2,1-15H3/b29-24+/t25-,26-,27-/m0/s1. The van der Waals surface area contributed by atoms with Crippen LogP contribution in [0.2, 0.25) is 98.2 Å². The smallest absolute Gasteiger partial charge is 0.365 e. The molecule has 8 nitrogen and oxygen atoms in total. The zero-order valence-corrected chi connectivity index (χ0v) is 33.3. The maximum Gasteiger partial charge on any atom is 0.365 e. The van der Waals surface area contributed by atoms with Crippen LogP contribution in [0.15, 0.2) is 35.5 Å². The van der Waals surface area contributed by atoms with E-state index in [9.17, 15) is 4.79 Å². The Kier molecular flexibility index (Phi) is 14.3. The normalized spacial score (nSPS) is 16.3. The van der Waals surface area contributed by atoms with Crippen LogP contribution in [-0.2, 0) is 27.0 Å². The van der Waals surface area contributed by atoms with E-state index in [4.69, 9.17) is 27.0 Å². The van der Waals surface area contributed by atoms with E-state index in [2.05, 4.69) is 103 Å². The van der Waals surface area contributed by atoms with Crippen LogP contribution < -0.4 is 0 Å². The molecule has 236 valence electrons. The van der Waals surface area contributed by atoms with Gasteiger partial charge in [-0.2, -0.15) is 0 Å². The molecule has 0 saturated carbocycles. The van der Waals surface area contributed by atoms with Crippen LogP contribution >= 0.6 is 0 Å². The average Bonchev–Trinajstić information content (AvgIpc) is 2.76. The predicted octanol–water partition coefficient (Wildman–Crippen LogP) is 7.56. The van der Waals surface area contributed by atoms with Crippen LogP contribution in [0.5, 0.6) is 0 Å². The summed E-state index contributed by atoms with van der Waals surface area (Å²) in [7, 11) is -10.2. The van der Waals surface area contributed by atoms with E-state index in [0.717, 1.165) is 0 Å². The van der Waals surface area contributed by atoms with E-state index in [1.165, 1.54) is 0 Å². The van der Waals surface area contributed by atoms with Crippen LogP contribution in [0.3, 0.4) is 0 Å². The van der Waals surface area contributed by atoms with Gasteiger partial charge in [0.2, 0.25) is 0 Å². The van der Waals surface area contributed by atoms with Crippen LogP contribution in [0.25, 0.3) is 0 Å². The van der Waals surface area contributed by atoms with Crippen molar-refractivity contribution in [2.24, 2.45) is 5.16 Å². The highest BCUT2D eigenvalue weighted by molar-refractivity contribution is 6.71. The van der Waals surface area contributed by atoms with Gasteiger partial charge in [0.15, 0.2) is 41.6 Å². The molecule has 41 heavy (non-hydrogen) atoms. The summed E-state index contributed by atoms with van der Waals surface area (Å²) >= 11 is 0. The molecular formula is C28H57NO7Si5. The molecule has 0 aliphatic rings. The lowest BCUT2D eigenvalue weighted by Crippen LogP contribution is -2.58. The second-order valence-electron chi connectivity index (χ2n) is 15.3. The Balaban J connectivity index is 3.76. The van der Waals surface area contributed by atoms with E-state index in [1.807, 2.05) is 6.07 Å². The van der Waals surface area contributed by atoms with Crippen molar-refractivity contribution in [3.8, 4) is 0 Å². The summed E-state index contributed by atoms with van der Waals surface area (Å²) in [5.74, 6) is -0.539. The van der Waals surface area contributed by atoms with Gasteiger partial charge < -0.3 is 27.0 Å². The Hall–Kier alpha value is -0.756. The van der Waals surface area contributed by atoms with Crippen LogP contribution in [0.4, 0.5) is 0 Å². The number of nitrogens with zero attached hydrogens (tertiary/aromatic N) is 1. The van der Waals surface area contributed by atoms with Crippen LogP contribution in [0, 0.1) is 0 Å². The molecule has 0 aromatic heterocycles. The highest BCUT2D eigenvalue weighted by atomic mass is 28.4. The SMILES string of the molecule is C[Si](C)(C)OC/C(=N\OC(=O)c1ccccc1)[C@H](O[Si](C)(C)C)[C@@H](O[Si](C)(C)C)[C@H](CO[Si](C)(C)C)O[Si](C)(C)C. The molecule has 0 saturated heterocycles. The second kappa shape index (κ2) is 15.3. The molecule has 0 bridgehead atoms. The van der Waals surface area contributed by atoms with Gasteiger partial charge in [-0.15, -0.1) is 0 Å². The molecule has 0 unspecified atom stereocenters. The number of hydrogen-bond donors (Lipinski definition) is 0. The van der Waals surface area contributed by atoms with Gasteiger partial charge in [-0.25, -0.2) is 4.79 Å². The highest BCUT2D eigenvalue weighted by Crippen LogP contribution is 2.26. The Morgan fingerprint density at radius 3 is 1.59 bits per heavy atom. The number of carbonyl (C=O) groups excluding carboxylic acids is 1. The summed E-state index contributed by atoms with van der Waals surface area (Å²) in [6, 6.07) is 8.84.